The van der Waals surface area contributed by atoms with Gasteiger partial charge in [-0.25, -0.2) is 0 Å². The summed E-state index contributed by atoms with van der Waals surface area (Å²) in [6.07, 6.45) is 0. The van der Waals surface area contributed by atoms with Crippen molar-refractivity contribution in [1.29, 1.82) is 0 Å². The van der Waals surface area contributed by atoms with Gasteiger partial charge in [-0.1, -0.05) is 0 Å². The molecule has 0 saturated carbocycles. The fraction of sp³-hybridized carbons (Fsp3) is 0.917. The van der Waals surface area contributed by atoms with Crippen molar-refractivity contribution in [2.75, 3.05) is 0 Å². The number of hydrogen-bond acceptors (Lipinski definition) is 2. The first-order valence-electron chi connectivity index (χ1n) is 6.42. The van der Waals surface area contributed by atoms with E-state index in [0.29, 0.717) is 0 Å². The van der Waals surface area contributed by atoms with Gasteiger partial charge in [-0.05, 0) is 0 Å². The molecule has 4 heteroatoms. The molecular weight excluding hydrogens is 321 g/mol. The molecule has 2 radical (unpaired) electrons. The average Bonchev–Trinajstić information content (AvgIpc) is 2.29. The summed E-state index contributed by atoms with van der Waals surface area (Å²) in [7, 11) is 0. The summed E-state index contributed by atoms with van der Waals surface area (Å²) in [5, 5.41) is 6.72. The molecule has 0 saturated heterocycles. The zero-order valence-electron chi connectivity index (χ0n) is 11.9. The van der Waals surface area contributed by atoms with Gasteiger partial charge in [0, 0.05) is 0 Å². The molecule has 0 atom stereocenters. The van der Waals surface area contributed by atoms with Crippen LogP contribution in [0.5, 0.6) is 0 Å². The zero-order chi connectivity index (χ0) is 13.0. The van der Waals surface area contributed by atoms with Crippen molar-refractivity contribution in [1.82, 2.24) is 0 Å². The van der Waals surface area contributed by atoms with Gasteiger partial charge >= 0.3 is 111 Å². The van der Waals surface area contributed by atoms with Gasteiger partial charge in [0.25, 0.3) is 0 Å². The number of rotatable bonds is 6. The van der Waals surface area contributed by atoms with Crippen LogP contribution in [0.4, 0.5) is 0 Å². The van der Waals surface area contributed by atoms with E-state index < -0.39 is 29.0 Å². The summed E-state index contributed by atoms with van der Waals surface area (Å²) in [6.45, 7) is 12.7. The van der Waals surface area contributed by atoms with Crippen LogP contribution in [0.1, 0.15) is 41.5 Å². The third kappa shape index (κ3) is 12.6. The summed E-state index contributed by atoms with van der Waals surface area (Å²) >= 11 is -1.75. The zero-order valence-corrected chi connectivity index (χ0v) is 16.0. The van der Waals surface area contributed by atoms with Crippen LogP contribution < -0.4 is 0 Å². The molecule has 0 aromatic rings. The summed E-state index contributed by atoms with van der Waals surface area (Å²) in [6, 6.07) is 0. The van der Waals surface area contributed by atoms with Gasteiger partial charge in [-0.2, -0.15) is 0 Å². The minimum absolute atomic E-state index is 0.103. The molecule has 0 N–H and O–H groups in total. The van der Waals surface area contributed by atoms with Gasteiger partial charge < -0.3 is 0 Å². The second-order valence-electron chi connectivity index (χ2n) is 3.65. The summed E-state index contributed by atoms with van der Waals surface area (Å²) in [5.41, 5.74) is 0. The van der Waals surface area contributed by atoms with Crippen molar-refractivity contribution in [2.45, 2.75) is 67.8 Å². The normalized spacial score (nSPS) is 10.0. The molecule has 0 spiro atoms. The average molecular weight is 350 g/mol. The van der Waals surface area contributed by atoms with E-state index in [-0.39, 0.29) is 5.97 Å². The van der Waals surface area contributed by atoms with Crippen LogP contribution in [0.25, 0.3) is 0 Å². The first-order chi connectivity index (χ1) is 7.55. The van der Waals surface area contributed by atoms with Crippen LogP contribution in [-0.4, -0.2) is 35.0 Å². The van der Waals surface area contributed by atoms with Crippen LogP contribution in [0.3, 0.4) is 0 Å². The van der Waals surface area contributed by atoms with E-state index in [9.17, 15) is 4.79 Å². The first-order valence-corrected chi connectivity index (χ1v) is 14.7. The monoisotopic (exact) mass is 352 g/mol. The fourth-order valence-electron chi connectivity index (χ4n) is 1.35. The molecule has 0 aliphatic carbocycles. The minimum atomic E-state index is -1.34. The fourth-order valence-corrected chi connectivity index (χ4v) is 7.00. The van der Waals surface area contributed by atoms with Crippen molar-refractivity contribution >= 4 is 35.0 Å². The van der Waals surface area contributed by atoms with Crippen LogP contribution in [0.2, 0.25) is 26.3 Å². The summed E-state index contributed by atoms with van der Waals surface area (Å²) < 4.78 is 5.08. The quantitative estimate of drug-likeness (QED) is 0.674. The Morgan fingerprint density at radius 1 is 0.875 bits per heavy atom. The van der Waals surface area contributed by atoms with E-state index >= 15 is 0 Å². The molecule has 16 heavy (non-hydrogen) atoms. The molecule has 2 nitrogen and oxygen atoms in total. The molecule has 0 bridgehead atoms. The topological polar surface area (TPSA) is 26.3 Å². The van der Waals surface area contributed by atoms with Crippen molar-refractivity contribution in [3.05, 3.63) is 0 Å². The van der Waals surface area contributed by atoms with Crippen molar-refractivity contribution in [2.24, 2.45) is 0 Å². The molecule has 0 fully saturated rings. The maximum absolute atomic E-state index is 10.4. The van der Waals surface area contributed by atoms with Crippen LogP contribution in [0.15, 0.2) is 0 Å². The molecule has 0 rings (SSSR count). The van der Waals surface area contributed by atoms with Crippen molar-refractivity contribution in [3.8, 4) is 0 Å². The van der Waals surface area contributed by atoms with E-state index in [0.717, 1.165) is 10.5 Å². The molecular formula is C12H28Ge2O2. The Hall–Kier alpha value is 0.556. The Morgan fingerprint density at radius 2 is 1.25 bits per heavy atom. The Bertz CT molecular complexity index is 150. The SMILES string of the molecule is C[CH2][Ge]([CH2]C)[CH2]C.C[CH2][Ge]([CH2]C)[O]C(C)=O. The third-order valence-electron chi connectivity index (χ3n) is 2.58. The summed E-state index contributed by atoms with van der Waals surface area (Å²) in [4.78, 5) is 10.4. The van der Waals surface area contributed by atoms with E-state index in [1.807, 2.05) is 0 Å². The Morgan fingerprint density at radius 3 is 1.31 bits per heavy atom. The Labute approximate surface area is 111 Å². The predicted octanol–water partition coefficient (Wildman–Crippen LogP) is 4.12. The van der Waals surface area contributed by atoms with Gasteiger partial charge in [-0.3, -0.25) is 0 Å². The van der Waals surface area contributed by atoms with Gasteiger partial charge in [0.1, 0.15) is 0 Å². The van der Waals surface area contributed by atoms with E-state index in [1.165, 1.54) is 22.7 Å². The van der Waals surface area contributed by atoms with Gasteiger partial charge in [0.15, 0.2) is 0 Å². The van der Waals surface area contributed by atoms with Gasteiger partial charge in [-0.15, -0.1) is 0 Å². The van der Waals surface area contributed by atoms with Crippen molar-refractivity contribution < 1.29 is 8.56 Å². The third-order valence-corrected chi connectivity index (χ3v) is 13.4. The number of carbonyl (C=O) groups is 1. The van der Waals surface area contributed by atoms with Crippen molar-refractivity contribution in [3.63, 3.8) is 0 Å². The molecule has 0 heterocycles. The number of hydrogen-bond donors (Lipinski definition) is 0. The maximum atomic E-state index is 10.4. The Kier molecular flexibility index (Phi) is 16.1. The molecule has 0 amide bonds. The second-order valence-corrected chi connectivity index (χ2v) is 16.9. The molecule has 0 aromatic carbocycles. The molecule has 0 aliphatic heterocycles. The Balaban J connectivity index is 0. The standard InChI is InChI=1S/C6H13GeO2.C6H15Ge/c1-4-7(5-2)9-6(3)8;1-4-7(5-2)6-3/h4-5H2,1-3H3;4-6H2,1-3H3. The van der Waals surface area contributed by atoms with Gasteiger partial charge in [0.2, 0.25) is 0 Å². The van der Waals surface area contributed by atoms with Crippen LogP contribution in [0, 0.1) is 0 Å². The van der Waals surface area contributed by atoms with Gasteiger partial charge in [0.05, 0.1) is 0 Å². The molecule has 96 valence electrons. The molecule has 0 unspecified atom stereocenters. The van der Waals surface area contributed by atoms with E-state index in [4.69, 9.17) is 3.76 Å². The molecule has 0 aromatic heterocycles. The second kappa shape index (κ2) is 13.6. The number of carbonyl (C=O) groups excluding carboxylic acids is 1. The summed E-state index contributed by atoms with van der Waals surface area (Å²) in [5.74, 6) is -0.103. The van der Waals surface area contributed by atoms with E-state index in [1.54, 1.807) is 0 Å². The molecule has 0 aliphatic rings. The van der Waals surface area contributed by atoms with E-state index in [2.05, 4.69) is 34.6 Å². The van der Waals surface area contributed by atoms with Crippen LogP contribution >= 0.6 is 0 Å². The van der Waals surface area contributed by atoms with Crippen LogP contribution in [-0.2, 0) is 8.56 Å². The predicted molar refractivity (Wildman–Crippen MR) is 75.7 cm³/mol. The first kappa shape index (κ1) is 18.9.